The van der Waals surface area contributed by atoms with Crippen LogP contribution in [0.1, 0.15) is 23.0 Å². The number of hydrogen-bond donors (Lipinski definition) is 2. The largest absolute Gasteiger partial charge is 0.493 e. The predicted octanol–water partition coefficient (Wildman–Crippen LogP) is 1.31. The minimum Gasteiger partial charge on any atom is -0.493 e. The maximum atomic E-state index is 11.7. The zero-order valence-electron chi connectivity index (χ0n) is 11.8. The number of carbonyl (C=O) groups excluding carboxylic acids is 1. The van der Waals surface area contributed by atoms with Gasteiger partial charge >= 0.3 is 5.97 Å². The molecule has 1 heterocycles. The third-order valence-corrected chi connectivity index (χ3v) is 3.77. The van der Waals surface area contributed by atoms with Crippen LogP contribution in [0.5, 0.6) is 5.88 Å². The molecule has 9 heteroatoms. The van der Waals surface area contributed by atoms with E-state index in [2.05, 4.69) is 5.10 Å². The van der Waals surface area contributed by atoms with Crippen LogP contribution in [0.4, 0.5) is 0 Å². The fourth-order valence-electron chi connectivity index (χ4n) is 1.84. The van der Waals surface area contributed by atoms with Crippen molar-refractivity contribution in [1.82, 2.24) is 9.78 Å². The molecule has 8 nitrogen and oxygen atoms in total. The molecule has 2 N–H and O–H groups in total. The van der Waals surface area contributed by atoms with Crippen molar-refractivity contribution in [2.75, 3.05) is 6.61 Å². The molecule has 0 saturated heterocycles. The quantitative estimate of drug-likeness (QED) is 0.642. The highest BCUT2D eigenvalue weighted by molar-refractivity contribution is 7.85. The van der Waals surface area contributed by atoms with E-state index in [1.165, 1.54) is 25.1 Å². The van der Waals surface area contributed by atoms with E-state index in [0.717, 1.165) is 10.7 Å². The van der Waals surface area contributed by atoms with E-state index >= 15 is 0 Å². The van der Waals surface area contributed by atoms with Crippen LogP contribution in [0, 0.1) is 6.92 Å². The van der Waals surface area contributed by atoms with Crippen molar-refractivity contribution in [3.05, 3.63) is 35.5 Å². The van der Waals surface area contributed by atoms with Crippen molar-refractivity contribution in [1.29, 1.82) is 0 Å². The summed E-state index contributed by atoms with van der Waals surface area (Å²) >= 11 is 0. The second kappa shape index (κ2) is 5.78. The molecule has 0 radical (unpaired) electrons. The summed E-state index contributed by atoms with van der Waals surface area (Å²) in [4.78, 5) is 11.4. The molecule has 0 atom stereocenters. The molecule has 0 aliphatic rings. The van der Waals surface area contributed by atoms with E-state index in [4.69, 9.17) is 9.29 Å². The average Bonchev–Trinajstić information content (AvgIpc) is 2.75. The lowest BCUT2D eigenvalue weighted by Crippen LogP contribution is -2.08. The number of esters is 1. The Morgan fingerprint density at radius 3 is 2.68 bits per heavy atom. The number of ether oxygens (including phenoxy) is 1. The molecule has 0 fully saturated rings. The Hall–Kier alpha value is -2.39. The molecule has 0 spiro atoms. The first kappa shape index (κ1) is 16.0. The number of aromatic hydroxyl groups is 1. The van der Waals surface area contributed by atoms with Crippen LogP contribution in [-0.4, -0.2) is 40.4 Å². The predicted molar refractivity (Wildman–Crippen MR) is 75.7 cm³/mol. The van der Waals surface area contributed by atoms with Gasteiger partial charge in [0.15, 0.2) is 5.69 Å². The molecule has 2 rings (SSSR count). The van der Waals surface area contributed by atoms with E-state index < -0.39 is 16.1 Å². The van der Waals surface area contributed by atoms with Crippen LogP contribution in [-0.2, 0) is 14.9 Å². The summed E-state index contributed by atoms with van der Waals surface area (Å²) in [6, 6.07) is 5.16. The Kier molecular flexibility index (Phi) is 4.20. The summed E-state index contributed by atoms with van der Waals surface area (Å²) in [5, 5.41) is 14.0. The maximum absolute atomic E-state index is 11.7. The zero-order valence-corrected chi connectivity index (χ0v) is 12.7. The standard InChI is InChI=1S/C13H14N2O6S/c1-3-21-13(17)11-8(2)12(16)15(14-11)9-5-4-6-10(7-9)22(18,19)20/h4-7,16H,3H2,1-2H3,(H,18,19,20). The molecular weight excluding hydrogens is 312 g/mol. The van der Waals surface area contributed by atoms with Crippen LogP contribution < -0.4 is 0 Å². The van der Waals surface area contributed by atoms with E-state index in [1.54, 1.807) is 6.92 Å². The van der Waals surface area contributed by atoms with Crippen molar-refractivity contribution in [2.45, 2.75) is 18.7 Å². The van der Waals surface area contributed by atoms with Gasteiger partial charge in [-0.2, -0.15) is 13.5 Å². The van der Waals surface area contributed by atoms with Crippen molar-refractivity contribution in [3.63, 3.8) is 0 Å². The van der Waals surface area contributed by atoms with Crippen molar-refractivity contribution >= 4 is 16.1 Å². The first-order valence-corrected chi connectivity index (χ1v) is 7.73. The number of hydrogen-bond acceptors (Lipinski definition) is 6. The number of nitrogens with zero attached hydrogens (tertiary/aromatic N) is 2. The van der Waals surface area contributed by atoms with Crippen LogP contribution in [0.3, 0.4) is 0 Å². The van der Waals surface area contributed by atoms with Gasteiger partial charge in [0.05, 0.1) is 17.2 Å². The minimum atomic E-state index is -4.39. The van der Waals surface area contributed by atoms with Crippen molar-refractivity contribution < 1.29 is 27.6 Å². The lowest BCUT2D eigenvalue weighted by Gasteiger charge is -2.04. The summed E-state index contributed by atoms with van der Waals surface area (Å²) in [6.07, 6.45) is 0. The SMILES string of the molecule is CCOC(=O)c1nn(-c2cccc(S(=O)(=O)O)c2)c(O)c1C. The maximum Gasteiger partial charge on any atom is 0.359 e. The molecule has 1 aromatic carbocycles. The fourth-order valence-corrected chi connectivity index (χ4v) is 2.36. The molecule has 118 valence electrons. The molecular formula is C13H14N2O6S. The first-order valence-electron chi connectivity index (χ1n) is 6.29. The zero-order chi connectivity index (χ0) is 16.5. The molecule has 0 amide bonds. The molecule has 0 aliphatic carbocycles. The topological polar surface area (TPSA) is 119 Å². The van der Waals surface area contributed by atoms with E-state index in [9.17, 15) is 18.3 Å². The Morgan fingerprint density at radius 1 is 1.41 bits per heavy atom. The third-order valence-electron chi connectivity index (χ3n) is 2.92. The van der Waals surface area contributed by atoms with Gasteiger partial charge in [0.1, 0.15) is 0 Å². The first-order chi connectivity index (χ1) is 10.3. The Bertz CT molecular complexity index is 825. The van der Waals surface area contributed by atoms with Crippen LogP contribution in [0.2, 0.25) is 0 Å². The summed E-state index contributed by atoms with van der Waals surface area (Å²) in [6.45, 7) is 3.28. The lowest BCUT2D eigenvalue weighted by atomic mass is 10.2. The van der Waals surface area contributed by atoms with Gasteiger partial charge in [-0.15, -0.1) is 0 Å². The number of rotatable bonds is 4. The monoisotopic (exact) mass is 326 g/mol. The molecule has 22 heavy (non-hydrogen) atoms. The Balaban J connectivity index is 2.55. The van der Waals surface area contributed by atoms with Crippen LogP contribution in [0.15, 0.2) is 29.2 Å². The Labute approximate surface area is 126 Å². The van der Waals surface area contributed by atoms with Crippen LogP contribution >= 0.6 is 0 Å². The second-order valence-electron chi connectivity index (χ2n) is 4.40. The highest BCUT2D eigenvalue weighted by Gasteiger charge is 2.22. The molecule has 0 aliphatic heterocycles. The highest BCUT2D eigenvalue weighted by Crippen LogP contribution is 2.25. The lowest BCUT2D eigenvalue weighted by molar-refractivity contribution is 0.0518. The third kappa shape index (κ3) is 2.95. The van der Waals surface area contributed by atoms with Gasteiger partial charge in [-0.25, -0.2) is 9.48 Å². The summed E-state index contributed by atoms with van der Waals surface area (Å²) in [7, 11) is -4.39. The Morgan fingerprint density at radius 2 is 2.09 bits per heavy atom. The second-order valence-corrected chi connectivity index (χ2v) is 5.82. The van der Waals surface area contributed by atoms with E-state index in [-0.39, 0.29) is 34.3 Å². The summed E-state index contributed by atoms with van der Waals surface area (Å²) < 4.78 is 37.2. The van der Waals surface area contributed by atoms with Crippen LogP contribution in [0.25, 0.3) is 5.69 Å². The number of aromatic nitrogens is 2. The van der Waals surface area contributed by atoms with E-state index in [1.807, 2.05) is 0 Å². The van der Waals surface area contributed by atoms with Gasteiger partial charge in [-0.1, -0.05) is 6.07 Å². The van der Waals surface area contributed by atoms with Gasteiger partial charge in [0, 0.05) is 5.56 Å². The number of carbonyl (C=O) groups is 1. The fraction of sp³-hybridized carbons (Fsp3) is 0.231. The molecule has 0 bridgehead atoms. The minimum absolute atomic E-state index is 0.0726. The average molecular weight is 326 g/mol. The highest BCUT2D eigenvalue weighted by atomic mass is 32.2. The van der Waals surface area contributed by atoms with Gasteiger partial charge in [0.2, 0.25) is 5.88 Å². The summed E-state index contributed by atoms with van der Waals surface area (Å²) in [5.41, 5.74) is 0.304. The van der Waals surface area contributed by atoms with E-state index in [0.29, 0.717) is 0 Å². The van der Waals surface area contributed by atoms with Gasteiger partial charge < -0.3 is 9.84 Å². The van der Waals surface area contributed by atoms with Gasteiger partial charge in [0.25, 0.3) is 10.1 Å². The smallest absolute Gasteiger partial charge is 0.359 e. The molecule has 2 aromatic rings. The molecule has 1 aromatic heterocycles. The summed E-state index contributed by atoms with van der Waals surface area (Å²) in [5.74, 6) is -1.02. The van der Waals surface area contributed by atoms with Gasteiger partial charge in [-0.05, 0) is 32.0 Å². The molecule has 0 unspecified atom stereocenters. The number of benzene rings is 1. The van der Waals surface area contributed by atoms with Crippen molar-refractivity contribution in [3.8, 4) is 11.6 Å². The molecule has 0 saturated carbocycles. The van der Waals surface area contributed by atoms with Gasteiger partial charge in [-0.3, -0.25) is 4.55 Å². The van der Waals surface area contributed by atoms with Crippen molar-refractivity contribution in [2.24, 2.45) is 0 Å². The normalized spacial score (nSPS) is 11.4.